The Balaban J connectivity index is 1.63. The summed E-state index contributed by atoms with van der Waals surface area (Å²) < 4.78 is 0. The number of aliphatic carboxylic acids is 1. The topological polar surface area (TPSA) is 98.7 Å². The van der Waals surface area contributed by atoms with Gasteiger partial charge in [0, 0.05) is 32.1 Å². The average Bonchev–Trinajstić information content (AvgIpc) is 3.27. The molecule has 1 aliphatic heterocycles. The van der Waals surface area contributed by atoms with Crippen molar-refractivity contribution in [3.63, 3.8) is 0 Å². The maximum atomic E-state index is 11.9. The molecule has 0 aromatic rings. The van der Waals surface area contributed by atoms with Crippen LogP contribution in [0.3, 0.4) is 0 Å². The lowest BCUT2D eigenvalue weighted by Gasteiger charge is -2.30. The molecule has 7 nitrogen and oxygen atoms in total. The van der Waals surface area contributed by atoms with Crippen LogP contribution in [0.2, 0.25) is 0 Å². The molecule has 2 rings (SSSR count). The van der Waals surface area contributed by atoms with Crippen molar-refractivity contribution >= 4 is 17.9 Å². The van der Waals surface area contributed by atoms with E-state index < -0.39 is 11.9 Å². The van der Waals surface area contributed by atoms with Gasteiger partial charge in [0.05, 0.1) is 5.92 Å². The number of piperidine rings is 1. The Morgan fingerprint density at radius 3 is 2.40 bits per heavy atom. The molecule has 1 atom stereocenters. The van der Waals surface area contributed by atoms with Crippen LogP contribution in [-0.2, 0) is 9.59 Å². The molecule has 3 amide bonds. The number of amides is 3. The maximum absolute atomic E-state index is 11.9. The van der Waals surface area contributed by atoms with E-state index in [0.717, 1.165) is 12.8 Å². The molecule has 2 fully saturated rings. The number of hydrogen-bond donors (Lipinski definition) is 3. The molecule has 112 valence electrons. The van der Waals surface area contributed by atoms with Crippen molar-refractivity contribution in [2.45, 2.75) is 25.7 Å². The third kappa shape index (κ3) is 4.11. The predicted octanol–water partition coefficient (Wildman–Crippen LogP) is 0.0188. The number of nitrogens with zero attached hydrogens (tertiary/aromatic N) is 1. The van der Waals surface area contributed by atoms with Gasteiger partial charge in [0.15, 0.2) is 0 Å². The molecule has 20 heavy (non-hydrogen) atoms. The van der Waals surface area contributed by atoms with Gasteiger partial charge in [-0.3, -0.25) is 9.59 Å². The third-order valence-electron chi connectivity index (χ3n) is 3.71. The van der Waals surface area contributed by atoms with Gasteiger partial charge in [-0.15, -0.1) is 0 Å². The fourth-order valence-corrected chi connectivity index (χ4v) is 2.32. The minimum Gasteiger partial charge on any atom is -0.481 e. The quantitative estimate of drug-likeness (QED) is 0.619. The third-order valence-corrected chi connectivity index (χ3v) is 3.71. The number of hydrogen-bond acceptors (Lipinski definition) is 3. The number of urea groups is 1. The van der Waals surface area contributed by atoms with E-state index in [-0.39, 0.29) is 24.4 Å². The first-order chi connectivity index (χ1) is 9.58. The first kappa shape index (κ1) is 14.6. The molecule has 2 aliphatic rings. The van der Waals surface area contributed by atoms with Crippen LogP contribution in [-0.4, -0.2) is 54.1 Å². The summed E-state index contributed by atoms with van der Waals surface area (Å²) in [6.45, 7) is 1.63. The highest BCUT2D eigenvalue weighted by atomic mass is 16.4. The van der Waals surface area contributed by atoms with Gasteiger partial charge in [0.1, 0.15) is 0 Å². The van der Waals surface area contributed by atoms with Gasteiger partial charge in [-0.05, 0) is 25.7 Å². The number of carbonyl (C=O) groups excluding carboxylic acids is 2. The van der Waals surface area contributed by atoms with Crippen molar-refractivity contribution in [1.29, 1.82) is 0 Å². The summed E-state index contributed by atoms with van der Waals surface area (Å²) in [5, 5.41) is 14.4. The van der Waals surface area contributed by atoms with Crippen LogP contribution in [0.15, 0.2) is 0 Å². The minimum absolute atomic E-state index is 0.0585. The molecule has 1 heterocycles. The molecule has 0 spiro atoms. The lowest BCUT2D eigenvalue weighted by Crippen LogP contribution is -2.48. The number of nitrogens with one attached hydrogen (secondary N) is 2. The highest BCUT2D eigenvalue weighted by Gasteiger charge is 2.29. The summed E-state index contributed by atoms with van der Waals surface area (Å²) >= 11 is 0. The lowest BCUT2D eigenvalue weighted by atomic mass is 9.99. The highest BCUT2D eigenvalue weighted by molar-refractivity contribution is 5.81. The Bertz CT molecular complexity index is 395. The van der Waals surface area contributed by atoms with Gasteiger partial charge in [0.2, 0.25) is 5.91 Å². The molecule has 0 aromatic heterocycles. The number of carbonyl (C=O) groups is 3. The Morgan fingerprint density at radius 2 is 1.75 bits per heavy atom. The van der Waals surface area contributed by atoms with Crippen molar-refractivity contribution in [1.82, 2.24) is 15.5 Å². The highest BCUT2D eigenvalue weighted by Crippen LogP contribution is 2.28. The zero-order chi connectivity index (χ0) is 14.5. The summed E-state index contributed by atoms with van der Waals surface area (Å²) in [7, 11) is 0. The van der Waals surface area contributed by atoms with Gasteiger partial charge < -0.3 is 20.6 Å². The van der Waals surface area contributed by atoms with Gasteiger partial charge in [0.25, 0.3) is 0 Å². The zero-order valence-corrected chi connectivity index (χ0v) is 11.4. The second kappa shape index (κ2) is 6.58. The summed E-state index contributed by atoms with van der Waals surface area (Å²) in [4.78, 5) is 35.7. The molecule has 1 saturated carbocycles. The van der Waals surface area contributed by atoms with Crippen LogP contribution in [0, 0.1) is 11.8 Å². The number of likely N-dealkylation sites (tertiary alicyclic amines) is 1. The molecule has 1 aliphatic carbocycles. The molecular weight excluding hydrogens is 262 g/mol. The SMILES string of the molecule is O=C(O)C1CCCN(C(=O)NCCNC(=O)C2CC2)C1. The van der Waals surface area contributed by atoms with Crippen molar-refractivity contribution in [3.05, 3.63) is 0 Å². The smallest absolute Gasteiger partial charge is 0.317 e. The summed E-state index contributed by atoms with van der Waals surface area (Å²) in [6, 6.07) is -0.253. The Labute approximate surface area is 117 Å². The number of carboxylic acids is 1. The van der Waals surface area contributed by atoms with E-state index in [1.165, 1.54) is 4.90 Å². The van der Waals surface area contributed by atoms with Crippen molar-refractivity contribution < 1.29 is 19.5 Å². The second-order valence-electron chi connectivity index (χ2n) is 5.42. The number of rotatable bonds is 5. The van der Waals surface area contributed by atoms with Crippen LogP contribution in [0.4, 0.5) is 4.79 Å². The van der Waals surface area contributed by atoms with Crippen molar-refractivity contribution in [2.75, 3.05) is 26.2 Å². The minimum atomic E-state index is -0.848. The summed E-state index contributed by atoms with van der Waals surface area (Å²) in [6.07, 6.45) is 3.25. The first-order valence-electron chi connectivity index (χ1n) is 7.11. The fraction of sp³-hybridized carbons (Fsp3) is 0.769. The zero-order valence-electron chi connectivity index (χ0n) is 11.4. The lowest BCUT2D eigenvalue weighted by molar-refractivity contribution is -0.143. The van der Waals surface area contributed by atoms with Crippen LogP contribution < -0.4 is 10.6 Å². The van der Waals surface area contributed by atoms with Crippen LogP contribution in [0.1, 0.15) is 25.7 Å². The summed E-state index contributed by atoms with van der Waals surface area (Å²) in [5.74, 6) is -1.09. The second-order valence-corrected chi connectivity index (χ2v) is 5.42. The van der Waals surface area contributed by atoms with E-state index in [1.807, 2.05) is 0 Å². The van der Waals surface area contributed by atoms with Gasteiger partial charge in [-0.25, -0.2) is 4.79 Å². The largest absolute Gasteiger partial charge is 0.481 e. The monoisotopic (exact) mass is 283 g/mol. The van der Waals surface area contributed by atoms with E-state index in [0.29, 0.717) is 32.5 Å². The van der Waals surface area contributed by atoms with Crippen LogP contribution >= 0.6 is 0 Å². The van der Waals surface area contributed by atoms with Crippen LogP contribution in [0.25, 0.3) is 0 Å². The van der Waals surface area contributed by atoms with Crippen molar-refractivity contribution in [3.8, 4) is 0 Å². The molecule has 0 radical (unpaired) electrons. The van der Waals surface area contributed by atoms with Gasteiger partial charge >= 0.3 is 12.0 Å². The van der Waals surface area contributed by atoms with Gasteiger partial charge in [-0.2, -0.15) is 0 Å². The molecular formula is C13H21N3O4. The van der Waals surface area contributed by atoms with E-state index in [9.17, 15) is 14.4 Å². The molecule has 3 N–H and O–H groups in total. The Morgan fingerprint density at radius 1 is 1.05 bits per heavy atom. The standard InChI is InChI=1S/C13H21N3O4/c17-11(9-3-4-9)14-5-6-15-13(20)16-7-1-2-10(8-16)12(18)19/h9-10H,1-8H2,(H,14,17)(H,15,20)(H,18,19). The maximum Gasteiger partial charge on any atom is 0.317 e. The van der Waals surface area contributed by atoms with E-state index in [4.69, 9.17) is 5.11 Å². The Kier molecular flexibility index (Phi) is 4.81. The molecule has 1 saturated heterocycles. The predicted molar refractivity (Wildman–Crippen MR) is 71.1 cm³/mol. The van der Waals surface area contributed by atoms with E-state index in [2.05, 4.69) is 10.6 Å². The molecule has 1 unspecified atom stereocenters. The molecule has 0 bridgehead atoms. The Hall–Kier alpha value is -1.79. The fourth-order valence-electron chi connectivity index (χ4n) is 2.32. The molecule has 0 aromatic carbocycles. The van der Waals surface area contributed by atoms with Crippen LogP contribution in [0.5, 0.6) is 0 Å². The normalized spacial score (nSPS) is 22.2. The van der Waals surface area contributed by atoms with E-state index >= 15 is 0 Å². The number of carboxylic acid groups (broad SMARTS) is 1. The van der Waals surface area contributed by atoms with Gasteiger partial charge in [-0.1, -0.05) is 0 Å². The summed E-state index contributed by atoms with van der Waals surface area (Å²) in [5.41, 5.74) is 0. The first-order valence-corrected chi connectivity index (χ1v) is 7.11. The van der Waals surface area contributed by atoms with Crippen molar-refractivity contribution in [2.24, 2.45) is 11.8 Å². The average molecular weight is 283 g/mol. The molecule has 7 heteroatoms. The van der Waals surface area contributed by atoms with E-state index in [1.54, 1.807) is 0 Å².